The Kier molecular flexibility index (Phi) is 8.85. The van der Waals surface area contributed by atoms with Crippen molar-refractivity contribution in [3.8, 4) is 0 Å². The summed E-state index contributed by atoms with van der Waals surface area (Å²) < 4.78 is 23.1. The maximum atomic E-state index is 13.2. The molecule has 0 saturated heterocycles. The number of benzene rings is 2. The van der Waals surface area contributed by atoms with Crippen molar-refractivity contribution < 1.29 is 33.5 Å². The summed E-state index contributed by atoms with van der Waals surface area (Å²) >= 11 is 11.3. The molecule has 1 aliphatic heterocycles. The number of esters is 2. The summed E-state index contributed by atoms with van der Waals surface area (Å²) in [6.45, 7) is 0. The predicted octanol–water partition coefficient (Wildman–Crippen LogP) is 3.82. The van der Waals surface area contributed by atoms with Crippen molar-refractivity contribution in [1.29, 1.82) is 0 Å². The van der Waals surface area contributed by atoms with Gasteiger partial charge in [-0.1, -0.05) is 47.5 Å². The van der Waals surface area contributed by atoms with Crippen LogP contribution < -0.4 is 5.32 Å². The number of ether oxygens (including phenoxy) is 2. The van der Waals surface area contributed by atoms with E-state index in [2.05, 4.69) is 5.32 Å². The molecule has 1 aliphatic rings. The number of dihydropyridines is 1. The van der Waals surface area contributed by atoms with E-state index in [-0.39, 0.29) is 43.9 Å². The molecular formula is C24H21Cl2NO7S. The first-order chi connectivity index (χ1) is 16.7. The third kappa shape index (κ3) is 5.82. The third-order valence-corrected chi connectivity index (χ3v) is 7.25. The first-order valence-electron chi connectivity index (χ1n) is 10.2. The van der Waals surface area contributed by atoms with Gasteiger partial charge in [0.25, 0.3) is 0 Å². The molecule has 2 atom stereocenters. The number of carbonyl (C=O) groups is 3. The van der Waals surface area contributed by atoms with Crippen LogP contribution in [0.1, 0.15) is 17.9 Å². The summed E-state index contributed by atoms with van der Waals surface area (Å²) in [5, 5.41) is 12.6. The van der Waals surface area contributed by atoms with Crippen molar-refractivity contribution in [1.82, 2.24) is 5.32 Å². The van der Waals surface area contributed by atoms with E-state index in [1.54, 1.807) is 36.4 Å². The highest BCUT2D eigenvalue weighted by atomic mass is 35.5. The van der Waals surface area contributed by atoms with Crippen LogP contribution >= 0.6 is 23.2 Å². The van der Waals surface area contributed by atoms with Crippen LogP contribution in [0.5, 0.6) is 0 Å². The van der Waals surface area contributed by atoms with E-state index in [0.29, 0.717) is 4.90 Å². The molecule has 0 saturated carbocycles. The van der Waals surface area contributed by atoms with E-state index in [4.69, 9.17) is 32.7 Å². The maximum absolute atomic E-state index is 13.2. The van der Waals surface area contributed by atoms with Gasteiger partial charge >= 0.3 is 17.9 Å². The van der Waals surface area contributed by atoms with Gasteiger partial charge in [-0.3, -0.25) is 4.79 Å². The molecule has 0 spiro atoms. The Morgan fingerprint density at radius 3 is 2.00 bits per heavy atom. The lowest BCUT2D eigenvalue weighted by molar-refractivity contribution is -0.137. The minimum absolute atomic E-state index is 0.0435. The summed E-state index contributed by atoms with van der Waals surface area (Å²) in [6.07, 6.45) is -0.612. The number of hydrogen-bond donors (Lipinski definition) is 2. The molecule has 2 N–H and O–H groups in total. The standard InChI is InChI=1S/C24H21Cl2NO7S/c1-33-23(30)20-16(11-18(28)29)27-17(12-35(32)13-7-4-3-5-8-13)21(24(31)34-2)22(20)19-14(25)9-6-10-15(19)26/h3-10,22,27H,11-12H2,1-2H3,(H,28,29). The van der Waals surface area contributed by atoms with Crippen LogP contribution in [0.3, 0.4) is 0 Å². The molecule has 0 aliphatic carbocycles. The molecule has 35 heavy (non-hydrogen) atoms. The number of aliphatic carboxylic acids is 1. The third-order valence-electron chi connectivity index (χ3n) is 5.24. The van der Waals surface area contributed by atoms with Crippen LogP contribution in [-0.4, -0.2) is 47.5 Å². The monoisotopic (exact) mass is 537 g/mol. The van der Waals surface area contributed by atoms with Gasteiger partial charge in [0.05, 0.1) is 43.4 Å². The number of hydrogen-bond acceptors (Lipinski definition) is 7. The van der Waals surface area contributed by atoms with Crippen molar-refractivity contribution in [2.24, 2.45) is 0 Å². The highest BCUT2D eigenvalue weighted by Crippen LogP contribution is 2.45. The summed E-state index contributed by atoms with van der Waals surface area (Å²) in [7, 11) is 2.28. The Balaban J connectivity index is 2.31. The number of methoxy groups -OCH3 is 2. The Labute approximate surface area is 214 Å². The Morgan fingerprint density at radius 1 is 0.943 bits per heavy atom. The van der Waals surface area contributed by atoms with E-state index in [0.717, 1.165) is 14.2 Å². The van der Waals surface area contributed by atoms with E-state index >= 15 is 0 Å². The van der Waals surface area contributed by atoms with Crippen molar-refractivity contribution >= 4 is 52.3 Å². The zero-order chi connectivity index (χ0) is 25.7. The zero-order valence-corrected chi connectivity index (χ0v) is 21.0. The van der Waals surface area contributed by atoms with Gasteiger partial charge in [0.1, 0.15) is 0 Å². The smallest absolute Gasteiger partial charge is 0.336 e. The lowest BCUT2D eigenvalue weighted by Crippen LogP contribution is -2.37. The van der Waals surface area contributed by atoms with Gasteiger partial charge in [0.2, 0.25) is 0 Å². The molecule has 3 rings (SSSR count). The second-order valence-electron chi connectivity index (χ2n) is 7.33. The van der Waals surface area contributed by atoms with E-state index < -0.39 is 41.4 Å². The molecule has 0 aromatic heterocycles. The van der Waals surface area contributed by atoms with Gasteiger partial charge < -0.3 is 24.4 Å². The summed E-state index contributed by atoms with van der Waals surface area (Å²) in [5.74, 6) is -4.42. The summed E-state index contributed by atoms with van der Waals surface area (Å²) in [6, 6.07) is 13.1. The second kappa shape index (κ2) is 11.6. The van der Waals surface area contributed by atoms with Gasteiger partial charge in [-0.05, 0) is 35.4 Å². The number of carboxylic acids is 1. The first kappa shape index (κ1) is 26.6. The molecular weight excluding hydrogens is 517 g/mol. The fourth-order valence-electron chi connectivity index (χ4n) is 3.78. The SMILES string of the molecule is COC(=O)C1=C(CC(=O)O)NC(C[S+]([O-])c2ccccc2)=C(C(=O)OC)C1c1c(Cl)cccc1Cl. The van der Waals surface area contributed by atoms with Crippen LogP contribution in [0, 0.1) is 0 Å². The fourth-order valence-corrected chi connectivity index (χ4v) is 5.51. The largest absolute Gasteiger partial charge is 0.611 e. The van der Waals surface area contributed by atoms with Gasteiger partial charge in [0, 0.05) is 21.3 Å². The molecule has 2 aromatic rings. The zero-order valence-electron chi connectivity index (χ0n) is 18.7. The number of nitrogens with one attached hydrogen (secondary N) is 1. The van der Waals surface area contributed by atoms with Crippen LogP contribution in [0.4, 0.5) is 0 Å². The molecule has 0 bridgehead atoms. The molecule has 184 valence electrons. The number of rotatable bonds is 8. The van der Waals surface area contributed by atoms with Crippen molar-refractivity contribution in [3.05, 3.63) is 86.7 Å². The molecule has 11 heteroatoms. The topological polar surface area (TPSA) is 125 Å². The minimum Gasteiger partial charge on any atom is -0.611 e. The van der Waals surface area contributed by atoms with Gasteiger partial charge in [0.15, 0.2) is 10.6 Å². The molecule has 8 nitrogen and oxygen atoms in total. The van der Waals surface area contributed by atoms with Crippen molar-refractivity contribution in [3.63, 3.8) is 0 Å². The van der Waals surface area contributed by atoms with Gasteiger partial charge in [-0.2, -0.15) is 0 Å². The Morgan fingerprint density at radius 2 is 1.49 bits per heavy atom. The molecule has 2 unspecified atom stereocenters. The number of halogens is 2. The van der Waals surface area contributed by atoms with Gasteiger partial charge in [-0.15, -0.1) is 0 Å². The average Bonchev–Trinajstić information content (AvgIpc) is 2.83. The van der Waals surface area contributed by atoms with Crippen LogP contribution in [0.2, 0.25) is 10.0 Å². The van der Waals surface area contributed by atoms with Crippen molar-refractivity contribution in [2.75, 3.05) is 20.0 Å². The average molecular weight is 538 g/mol. The highest BCUT2D eigenvalue weighted by Gasteiger charge is 2.42. The molecule has 0 amide bonds. The molecule has 2 aromatic carbocycles. The highest BCUT2D eigenvalue weighted by molar-refractivity contribution is 7.91. The minimum atomic E-state index is -1.63. The van der Waals surface area contributed by atoms with E-state index in [1.807, 2.05) is 0 Å². The van der Waals surface area contributed by atoms with Crippen LogP contribution in [0.15, 0.2) is 76.0 Å². The van der Waals surface area contributed by atoms with E-state index in [1.165, 1.54) is 12.1 Å². The summed E-state index contributed by atoms with van der Waals surface area (Å²) in [5.41, 5.74) is 0.00635. The molecule has 0 radical (unpaired) electrons. The predicted molar refractivity (Wildman–Crippen MR) is 130 cm³/mol. The fraction of sp³-hybridized carbons (Fsp3) is 0.208. The quantitative estimate of drug-likeness (QED) is 0.384. The van der Waals surface area contributed by atoms with E-state index in [9.17, 15) is 24.0 Å². The van der Waals surface area contributed by atoms with Crippen molar-refractivity contribution in [2.45, 2.75) is 17.2 Å². The van der Waals surface area contributed by atoms with Crippen LogP contribution in [0.25, 0.3) is 0 Å². The lowest BCUT2D eigenvalue weighted by atomic mass is 9.79. The lowest BCUT2D eigenvalue weighted by Gasteiger charge is -2.32. The molecule has 0 fully saturated rings. The number of carboxylic acid groups (broad SMARTS) is 1. The summed E-state index contributed by atoms with van der Waals surface area (Å²) in [4.78, 5) is 38.2. The van der Waals surface area contributed by atoms with Crippen LogP contribution in [-0.2, 0) is 35.0 Å². The normalized spacial score (nSPS) is 16.4. The second-order valence-corrected chi connectivity index (χ2v) is 9.60. The Hall–Kier alpha value is -2.98. The van der Waals surface area contributed by atoms with Gasteiger partial charge in [-0.25, -0.2) is 9.59 Å². The Bertz CT molecular complexity index is 1190. The first-order valence-corrected chi connectivity index (χ1v) is 12.3. The number of carbonyl (C=O) groups excluding carboxylic acids is 2. The maximum Gasteiger partial charge on any atom is 0.336 e. The molecule has 1 heterocycles.